The van der Waals surface area contributed by atoms with E-state index < -0.39 is 17.7 Å². The second kappa shape index (κ2) is 6.13. The molecule has 0 aliphatic heterocycles. The Bertz CT molecular complexity index is 358. The first-order valence-corrected chi connectivity index (χ1v) is 5.25. The third-order valence-corrected chi connectivity index (χ3v) is 2.51. The fraction of sp³-hybridized carbons (Fsp3) is 0.455. The van der Waals surface area contributed by atoms with Crippen LogP contribution < -0.4 is 0 Å². The average Bonchev–Trinajstić information content (AvgIpc) is 2.23. The second-order valence-corrected chi connectivity index (χ2v) is 3.85. The van der Waals surface area contributed by atoms with E-state index in [-0.39, 0.29) is 10.6 Å². The lowest BCUT2D eigenvalue weighted by molar-refractivity contribution is 0.133. The maximum absolute atomic E-state index is 13.3. The minimum Gasteiger partial charge on any atom is -0.388 e. The van der Waals surface area contributed by atoms with Crippen molar-refractivity contribution in [3.63, 3.8) is 0 Å². The maximum atomic E-state index is 13.3. The van der Waals surface area contributed by atoms with Gasteiger partial charge in [0, 0.05) is 19.3 Å². The Morgan fingerprint density at radius 1 is 1.38 bits per heavy atom. The lowest BCUT2D eigenvalue weighted by Crippen LogP contribution is -2.03. The van der Waals surface area contributed by atoms with Crippen molar-refractivity contribution < 1.29 is 18.6 Å². The van der Waals surface area contributed by atoms with Gasteiger partial charge in [0.05, 0.1) is 11.1 Å². The molecule has 5 heteroatoms. The van der Waals surface area contributed by atoms with Crippen LogP contribution in [-0.2, 0) is 4.74 Å². The minimum absolute atomic E-state index is 0.0713. The van der Waals surface area contributed by atoms with Crippen LogP contribution in [0.15, 0.2) is 12.1 Å². The van der Waals surface area contributed by atoms with Gasteiger partial charge in [-0.05, 0) is 25.0 Å². The number of aliphatic hydroxyl groups is 1. The molecule has 16 heavy (non-hydrogen) atoms. The molecule has 0 aliphatic carbocycles. The minimum atomic E-state index is -1.04. The van der Waals surface area contributed by atoms with Crippen molar-refractivity contribution in [3.8, 4) is 0 Å². The molecule has 0 heterocycles. The molecular formula is C11H13ClF2O2. The van der Waals surface area contributed by atoms with Crippen LogP contribution in [0.4, 0.5) is 8.78 Å². The summed E-state index contributed by atoms with van der Waals surface area (Å²) in [4.78, 5) is 0. The van der Waals surface area contributed by atoms with E-state index in [2.05, 4.69) is 0 Å². The van der Waals surface area contributed by atoms with Gasteiger partial charge in [0.1, 0.15) is 11.6 Å². The number of ether oxygens (including phenoxy) is 1. The second-order valence-electron chi connectivity index (χ2n) is 3.44. The van der Waals surface area contributed by atoms with Gasteiger partial charge in [0.15, 0.2) is 0 Å². The summed E-state index contributed by atoms with van der Waals surface area (Å²) in [5.41, 5.74) is -0.0713. The van der Waals surface area contributed by atoms with Crippen molar-refractivity contribution in [3.05, 3.63) is 34.4 Å². The monoisotopic (exact) mass is 250 g/mol. The topological polar surface area (TPSA) is 29.5 Å². The zero-order chi connectivity index (χ0) is 12.1. The van der Waals surface area contributed by atoms with Crippen molar-refractivity contribution in [1.29, 1.82) is 0 Å². The molecule has 1 rings (SSSR count). The summed E-state index contributed by atoms with van der Waals surface area (Å²) >= 11 is 5.40. The quantitative estimate of drug-likeness (QED) is 0.643. The van der Waals surface area contributed by atoms with Crippen LogP contribution in [-0.4, -0.2) is 18.8 Å². The average molecular weight is 251 g/mol. The number of halogens is 3. The van der Waals surface area contributed by atoms with Crippen molar-refractivity contribution in [2.24, 2.45) is 0 Å². The molecule has 1 aromatic rings. The smallest absolute Gasteiger partial charge is 0.142 e. The summed E-state index contributed by atoms with van der Waals surface area (Å²) < 4.78 is 31.2. The number of rotatable bonds is 5. The molecule has 0 spiro atoms. The highest BCUT2D eigenvalue weighted by molar-refractivity contribution is 6.30. The van der Waals surface area contributed by atoms with E-state index in [9.17, 15) is 13.9 Å². The Hall–Kier alpha value is -0.710. The lowest BCUT2D eigenvalue weighted by Gasteiger charge is -2.12. The normalized spacial score (nSPS) is 12.8. The van der Waals surface area contributed by atoms with Crippen LogP contribution in [0.1, 0.15) is 24.5 Å². The van der Waals surface area contributed by atoms with Crippen molar-refractivity contribution in [1.82, 2.24) is 0 Å². The van der Waals surface area contributed by atoms with Gasteiger partial charge in [-0.25, -0.2) is 8.78 Å². The Balaban J connectivity index is 2.75. The molecule has 0 amide bonds. The highest BCUT2D eigenvalue weighted by Crippen LogP contribution is 2.26. The first-order chi connectivity index (χ1) is 7.56. The van der Waals surface area contributed by atoms with Gasteiger partial charge in [0.2, 0.25) is 0 Å². The largest absolute Gasteiger partial charge is 0.388 e. The summed E-state index contributed by atoms with van der Waals surface area (Å²) in [7, 11) is 1.54. The highest BCUT2D eigenvalue weighted by atomic mass is 35.5. The van der Waals surface area contributed by atoms with E-state index in [4.69, 9.17) is 16.3 Å². The maximum Gasteiger partial charge on any atom is 0.142 e. The van der Waals surface area contributed by atoms with Gasteiger partial charge >= 0.3 is 0 Å². The Morgan fingerprint density at radius 2 is 2.06 bits per heavy atom. The molecule has 0 radical (unpaired) electrons. The number of hydrogen-bond acceptors (Lipinski definition) is 2. The van der Waals surface area contributed by atoms with Gasteiger partial charge in [0.25, 0.3) is 0 Å². The fourth-order valence-corrected chi connectivity index (χ4v) is 1.52. The first-order valence-electron chi connectivity index (χ1n) is 4.87. The molecule has 0 aliphatic rings. The standard InChI is InChI=1S/C11H13ClF2O2/c1-16-4-2-3-11(15)7-5-10(14)8(12)6-9(7)13/h5-6,11,15H,2-4H2,1H3. The van der Waals surface area contributed by atoms with Crippen molar-refractivity contribution in [2.45, 2.75) is 18.9 Å². The van der Waals surface area contributed by atoms with E-state index in [1.165, 1.54) is 7.11 Å². The molecule has 0 bridgehead atoms. The number of methoxy groups -OCH3 is 1. The fourth-order valence-electron chi connectivity index (χ4n) is 1.37. The van der Waals surface area contributed by atoms with E-state index in [0.29, 0.717) is 19.4 Å². The molecule has 0 saturated carbocycles. The number of aliphatic hydroxyl groups excluding tert-OH is 1. The van der Waals surface area contributed by atoms with Gasteiger partial charge in [-0.3, -0.25) is 0 Å². The van der Waals surface area contributed by atoms with Gasteiger partial charge < -0.3 is 9.84 Å². The Kier molecular flexibility index (Phi) is 5.12. The van der Waals surface area contributed by atoms with Crippen LogP contribution >= 0.6 is 11.6 Å². The van der Waals surface area contributed by atoms with E-state index in [1.807, 2.05) is 0 Å². The molecular weight excluding hydrogens is 238 g/mol. The predicted octanol–water partition coefficient (Wildman–Crippen LogP) is 3.08. The van der Waals surface area contributed by atoms with Crippen LogP contribution in [0.5, 0.6) is 0 Å². The number of benzene rings is 1. The zero-order valence-corrected chi connectivity index (χ0v) is 9.60. The van der Waals surface area contributed by atoms with Crippen LogP contribution in [0.3, 0.4) is 0 Å². The molecule has 0 saturated heterocycles. The SMILES string of the molecule is COCCCC(O)c1cc(F)c(Cl)cc1F. The lowest BCUT2D eigenvalue weighted by atomic mass is 10.0. The predicted molar refractivity (Wildman–Crippen MR) is 57.4 cm³/mol. The van der Waals surface area contributed by atoms with Gasteiger partial charge in [-0.15, -0.1) is 0 Å². The van der Waals surface area contributed by atoms with Crippen LogP contribution in [0, 0.1) is 11.6 Å². The van der Waals surface area contributed by atoms with Crippen molar-refractivity contribution >= 4 is 11.6 Å². The molecule has 2 nitrogen and oxygen atoms in total. The highest BCUT2D eigenvalue weighted by Gasteiger charge is 2.15. The molecule has 90 valence electrons. The molecule has 1 aromatic carbocycles. The molecule has 1 atom stereocenters. The summed E-state index contributed by atoms with van der Waals surface area (Å²) in [6.45, 7) is 0.467. The van der Waals surface area contributed by atoms with Crippen molar-refractivity contribution in [2.75, 3.05) is 13.7 Å². The Labute approximate surface area is 97.8 Å². The van der Waals surface area contributed by atoms with E-state index in [1.54, 1.807) is 0 Å². The summed E-state index contributed by atoms with van der Waals surface area (Å²) in [6, 6.07) is 1.79. The molecule has 0 aromatic heterocycles. The molecule has 0 fully saturated rings. The first kappa shape index (κ1) is 13.4. The summed E-state index contributed by atoms with van der Waals surface area (Å²) in [5, 5.41) is 9.35. The molecule has 1 N–H and O–H groups in total. The number of hydrogen-bond donors (Lipinski definition) is 1. The van der Waals surface area contributed by atoms with Gasteiger partial charge in [-0.2, -0.15) is 0 Å². The van der Waals surface area contributed by atoms with Crippen LogP contribution in [0.2, 0.25) is 5.02 Å². The third kappa shape index (κ3) is 3.40. The van der Waals surface area contributed by atoms with E-state index in [0.717, 1.165) is 12.1 Å². The third-order valence-electron chi connectivity index (χ3n) is 2.22. The van der Waals surface area contributed by atoms with Gasteiger partial charge in [-0.1, -0.05) is 11.6 Å². The van der Waals surface area contributed by atoms with Crippen LogP contribution in [0.25, 0.3) is 0 Å². The summed E-state index contributed by atoms with van der Waals surface area (Å²) in [5.74, 6) is -1.43. The Morgan fingerprint density at radius 3 is 2.69 bits per heavy atom. The summed E-state index contributed by atoms with van der Waals surface area (Å²) in [6.07, 6.45) is -0.158. The zero-order valence-electron chi connectivity index (χ0n) is 8.84. The van der Waals surface area contributed by atoms with E-state index >= 15 is 0 Å². The molecule has 1 unspecified atom stereocenters.